The van der Waals surface area contributed by atoms with Gasteiger partial charge in [0.05, 0.1) is 0 Å². The Bertz CT molecular complexity index is 529. The summed E-state index contributed by atoms with van der Waals surface area (Å²) in [4.78, 5) is 18.4. The van der Waals surface area contributed by atoms with Crippen LogP contribution < -0.4 is 0 Å². The maximum atomic E-state index is 13.6. The fraction of sp³-hybridized carbons (Fsp3) is 0.500. The monoisotopic (exact) mass is 293 g/mol. The Morgan fingerprint density at radius 1 is 1.35 bits per heavy atom. The van der Waals surface area contributed by atoms with Gasteiger partial charge in [0.15, 0.2) is 5.83 Å². The van der Waals surface area contributed by atoms with Crippen molar-refractivity contribution >= 4 is 5.78 Å². The summed E-state index contributed by atoms with van der Waals surface area (Å²) in [7, 11) is 2.98. The topological polar surface area (TPSA) is 49.0 Å². The first-order valence-electron chi connectivity index (χ1n) is 5.79. The molecule has 0 fully saturated rings. The Morgan fingerprint density at radius 2 is 1.90 bits per heavy atom. The number of carbonyl (C=O) groups is 1. The quantitative estimate of drug-likeness (QED) is 0.527. The maximum absolute atomic E-state index is 13.6. The number of halogens is 4. The number of alkyl halides is 3. The predicted molar refractivity (Wildman–Crippen MR) is 64.9 cm³/mol. The van der Waals surface area contributed by atoms with Crippen molar-refractivity contribution in [1.82, 2.24) is 14.9 Å². The molecule has 1 heterocycles. The zero-order valence-electron chi connectivity index (χ0n) is 11.5. The number of hydrogen-bond acceptors (Lipinski definition) is 3. The van der Waals surface area contributed by atoms with Crippen molar-refractivity contribution < 1.29 is 22.4 Å². The second-order valence-electron chi connectivity index (χ2n) is 4.77. The van der Waals surface area contributed by atoms with Crippen molar-refractivity contribution in [2.45, 2.75) is 25.9 Å². The third-order valence-corrected chi connectivity index (χ3v) is 2.38. The van der Waals surface area contributed by atoms with Crippen molar-refractivity contribution in [1.29, 1.82) is 0 Å². The largest absolute Gasteiger partial charge is 0.449 e. The molecule has 0 aliphatic rings. The fourth-order valence-electron chi connectivity index (χ4n) is 1.51. The first-order valence-corrected chi connectivity index (χ1v) is 5.79. The summed E-state index contributed by atoms with van der Waals surface area (Å²) in [5, 5.41) is 0. The van der Waals surface area contributed by atoms with Crippen molar-refractivity contribution in [3.05, 3.63) is 29.2 Å². The lowest BCUT2D eigenvalue weighted by Gasteiger charge is -2.06. The number of imidazole rings is 1. The van der Waals surface area contributed by atoms with Crippen LogP contribution in [0.5, 0.6) is 0 Å². The summed E-state index contributed by atoms with van der Waals surface area (Å²) in [6, 6.07) is 0. The van der Waals surface area contributed by atoms with E-state index < -0.39 is 35.2 Å². The highest BCUT2D eigenvalue weighted by molar-refractivity contribution is 6.06. The third-order valence-electron chi connectivity index (χ3n) is 2.38. The molecule has 1 N–H and O–H groups in total. The van der Waals surface area contributed by atoms with Crippen LogP contribution in [0, 0.1) is 0 Å². The fourth-order valence-corrected chi connectivity index (χ4v) is 1.51. The van der Waals surface area contributed by atoms with Crippen LogP contribution in [0.1, 0.15) is 41.8 Å². The molecule has 1 aromatic heterocycles. The molecule has 0 unspecified atom stereocenters. The molecule has 0 spiro atoms. The molecule has 1 aromatic rings. The highest BCUT2D eigenvalue weighted by atomic mass is 19.4. The molecule has 112 valence electrons. The lowest BCUT2D eigenvalue weighted by molar-refractivity contribution is -0.144. The zero-order chi connectivity index (χ0) is 15.7. The van der Waals surface area contributed by atoms with E-state index in [1.165, 1.54) is 19.0 Å². The summed E-state index contributed by atoms with van der Waals surface area (Å²) >= 11 is 0. The average Bonchev–Trinajstić information content (AvgIpc) is 2.71. The van der Waals surface area contributed by atoms with Crippen LogP contribution in [0.15, 0.2) is 12.0 Å². The molecular formula is C12H15F4N3O. The van der Waals surface area contributed by atoms with Crippen LogP contribution in [0.4, 0.5) is 17.6 Å². The first-order chi connectivity index (χ1) is 9.04. The minimum absolute atomic E-state index is 0.0374. The Morgan fingerprint density at radius 3 is 2.30 bits per heavy atom. The number of allylic oxidation sites excluding steroid dienone is 1. The molecule has 0 saturated heterocycles. The van der Waals surface area contributed by atoms with E-state index in [4.69, 9.17) is 0 Å². The molecule has 1 rings (SSSR count). The second kappa shape index (κ2) is 5.64. The van der Waals surface area contributed by atoms with Crippen LogP contribution in [0.2, 0.25) is 0 Å². The van der Waals surface area contributed by atoms with E-state index in [2.05, 4.69) is 4.98 Å². The van der Waals surface area contributed by atoms with Gasteiger partial charge < -0.3 is 9.88 Å². The van der Waals surface area contributed by atoms with Crippen LogP contribution in [-0.4, -0.2) is 34.7 Å². The molecule has 0 saturated carbocycles. The maximum Gasteiger partial charge on any atom is 0.449 e. The number of hydrogen-bond donors (Lipinski definition) is 1. The molecule has 0 atom stereocenters. The lowest BCUT2D eigenvalue weighted by Crippen LogP contribution is -2.10. The van der Waals surface area contributed by atoms with Crippen LogP contribution in [-0.2, 0) is 6.18 Å². The summed E-state index contributed by atoms with van der Waals surface area (Å²) in [5.41, 5.74) is -0.576. The van der Waals surface area contributed by atoms with Crippen molar-refractivity contribution in [2.24, 2.45) is 0 Å². The molecule has 0 bridgehead atoms. The molecular weight excluding hydrogens is 278 g/mol. The van der Waals surface area contributed by atoms with Gasteiger partial charge in [-0.2, -0.15) is 13.2 Å². The van der Waals surface area contributed by atoms with Gasteiger partial charge in [0, 0.05) is 26.0 Å². The standard InChI is InChI=1S/C12H15F4N3O/c1-6(2)8-9(10(20)7(13)5-19(3)4)18-11(17-8)12(14,15)16/h5-6H,1-4H3,(H,17,18). The molecule has 8 heteroatoms. The minimum Gasteiger partial charge on any atom is -0.381 e. The Hall–Kier alpha value is -1.86. The number of rotatable bonds is 4. The van der Waals surface area contributed by atoms with E-state index in [9.17, 15) is 22.4 Å². The van der Waals surface area contributed by atoms with Gasteiger partial charge in [-0.1, -0.05) is 13.8 Å². The van der Waals surface area contributed by atoms with Gasteiger partial charge in [-0.15, -0.1) is 0 Å². The van der Waals surface area contributed by atoms with E-state index >= 15 is 0 Å². The van der Waals surface area contributed by atoms with Gasteiger partial charge in [-0.25, -0.2) is 9.37 Å². The number of aromatic amines is 1. The molecule has 4 nitrogen and oxygen atoms in total. The van der Waals surface area contributed by atoms with E-state index in [0.29, 0.717) is 0 Å². The van der Waals surface area contributed by atoms with Crippen molar-refractivity contribution in [2.75, 3.05) is 14.1 Å². The molecule has 0 aliphatic heterocycles. The number of Topliss-reactive ketones (excluding diaryl/α,β-unsaturated/α-hetero) is 1. The van der Waals surface area contributed by atoms with Crippen LogP contribution in [0.3, 0.4) is 0 Å². The van der Waals surface area contributed by atoms with Gasteiger partial charge in [0.1, 0.15) is 5.69 Å². The SMILES string of the molecule is CC(C)c1[nH]c(C(F)(F)F)nc1C(=O)C(F)=CN(C)C. The summed E-state index contributed by atoms with van der Waals surface area (Å²) in [6.45, 7) is 3.16. The number of ketones is 1. The molecule has 20 heavy (non-hydrogen) atoms. The highest BCUT2D eigenvalue weighted by Gasteiger charge is 2.37. The number of nitrogens with zero attached hydrogens (tertiary/aromatic N) is 2. The van der Waals surface area contributed by atoms with E-state index in [1.807, 2.05) is 4.98 Å². The van der Waals surface area contributed by atoms with Gasteiger partial charge in [0.25, 0.3) is 0 Å². The minimum atomic E-state index is -4.72. The average molecular weight is 293 g/mol. The van der Waals surface area contributed by atoms with Gasteiger partial charge in [0.2, 0.25) is 11.6 Å². The van der Waals surface area contributed by atoms with Gasteiger partial charge >= 0.3 is 6.18 Å². The Balaban J connectivity index is 3.30. The van der Waals surface area contributed by atoms with E-state index in [-0.39, 0.29) is 5.69 Å². The van der Waals surface area contributed by atoms with Crippen molar-refractivity contribution in [3.8, 4) is 0 Å². The number of H-pyrrole nitrogens is 1. The van der Waals surface area contributed by atoms with E-state index in [1.54, 1.807) is 13.8 Å². The van der Waals surface area contributed by atoms with Crippen LogP contribution in [0.25, 0.3) is 0 Å². The number of aromatic nitrogens is 2. The first kappa shape index (κ1) is 16.2. The zero-order valence-corrected chi connectivity index (χ0v) is 11.5. The molecule has 0 aliphatic carbocycles. The highest BCUT2D eigenvalue weighted by Crippen LogP contribution is 2.30. The number of carbonyl (C=O) groups excluding carboxylic acids is 1. The predicted octanol–water partition coefficient (Wildman–Crippen LogP) is 3.11. The lowest BCUT2D eigenvalue weighted by atomic mass is 10.1. The Labute approximate surface area is 113 Å². The smallest absolute Gasteiger partial charge is 0.381 e. The van der Waals surface area contributed by atoms with Crippen LogP contribution >= 0.6 is 0 Å². The summed E-state index contributed by atoms with van der Waals surface area (Å²) in [5.74, 6) is -4.07. The van der Waals surface area contributed by atoms with Gasteiger partial charge in [-0.05, 0) is 5.92 Å². The molecule has 0 aromatic carbocycles. The second-order valence-corrected chi connectivity index (χ2v) is 4.77. The van der Waals surface area contributed by atoms with Gasteiger partial charge in [-0.3, -0.25) is 4.79 Å². The summed E-state index contributed by atoms with van der Waals surface area (Å²) in [6.07, 6.45) is -3.84. The molecule has 0 radical (unpaired) electrons. The number of nitrogens with one attached hydrogen (secondary N) is 1. The Kier molecular flexibility index (Phi) is 4.57. The third kappa shape index (κ3) is 3.58. The normalized spacial score (nSPS) is 12.9. The molecule has 0 amide bonds. The van der Waals surface area contributed by atoms with E-state index in [0.717, 1.165) is 6.20 Å². The summed E-state index contributed by atoms with van der Waals surface area (Å²) < 4.78 is 51.4. The van der Waals surface area contributed by atoms with Crippen molar-refractivity contribution in [3.63, 3.8) is 0 Å².